The lowest BCUT2D eigenvalue weighted by Crippen LogP contribution is -2.07. The summed E-state index contributed by atoms with van der Waals surface area (Å²) in [4.78, 5) is 12.2. The fourth-order valence-corrected chi connectivity index (χ4v) is 1.80. The maximum atomic E-state index is 11.1. The zero-order valence-electron chi connectivity index (χ0n) is 8.12. The third-order valence-corrected chi connectivity index (χ3v) is 2.59. The van der Waals surface area contributed by atoms with Crippen molar-refractivity contribution in [3.63, 3.8) is 0 Å². The highest BCUT2D eigenvalue weighted by Crippen LogP contribution is 2.26. The normalized spacial score (nSPS) is 9.50. The number of hydrogen-bond acceptors (Lipinski definition) is 2. The minimum Gasteiger partial charge on any atom is -0.321 e. The first-order chi connectivity index (χ1) is 6.77. The van der Waals surface area contributed by atoms with Crippen molar-refractivity contribution in [3.8, 4) is 0 Å². The molecule has 74 valence electrons. The lowest BCUT2D eigenvalue weighted by molar-refractivity contribution is -0.111. The summed E-state index contributed by atoms with van der Waals surface area (Å²) < 4.78 is 0. The van der Waals surface area contributed by atoms with Crippen LogP contribution in [-0.2, 0) is 4.79 Å². The monoisotopic (exact) mass is 207 g/mol. The number of anilines is 1. The smallest absolute Gasteiger partial charge is 0.247 e. The number of hydrogen-bond donors (Lipinski definition) is 1. The topological polar surface area (TPSA) is 29.1 Å². The number of benzene rings is 1. The molecule has 1 rings (SSSR count). The summed E-state index contributed by atoms with van der Waals surface area (Å²) in [6.45, 7) is 5.49. The Kier molecular flexibility index (Phi) is 4.26. The highest BCUT2D eigenvalue weighted by molar-refractivity contribution is 7.99. The van der Waals surface area contributed by atoms with Gasteiger partial charge in [-0.3, -0.25) is 4.79 Å². The summed E-state index contributed by atoms with van der Waals surface area (Å²) in [5.41, 5.74) is 0.851. The van der Waals surface area contributed by atoms with Gasteiger partial charge in [-0.05, 0) is 24.0 Å². The molecule has 0 aromatic heterocycles. The van der Waals surface area contributed by atoms with Crippen LogP contribution >= 0.6 is 11.8 Å². The van der Waals surface area contributed by atoms with Gasteiger partial charge < -0.3 is 5.32 Å². The van der Waals surface area contributed by atoms with Crippen molar-refractivity contribution in [1.82, 2.24) is 0 Å². The van der Waals surface area contributed by atoms with Crippen LogP contribution in [0.5, 0.6) is 0 Å². The van der Waals surface area contributed by atoms with Crippen LogP contribution in [0.4, 0.5) is 5.69 Å². The molecule has 1 aromatic rings. The van der Waals surface area contributed by atoms with Crippen LogP contribution in [0, 0.1) is 0 Å². The second-order valence-corrected chi connectivity index (χ2v) is 3.93. The summed E-state index contributed by atoms with van der Waals surface area (Å²) in [7, 11) is 0. The SMILES string of the molecule is C=CC(=O)Nc1ccccc1SCC. The molecule has 0 fully saturated rings. The van der Waals surface area contributed by atoms with Gasteiger partial charge in [0.15, 0.2) is 0 Å². The Balaban J connectivity index is 2.83. The Morgan fingerprint density at radius 3 is 2.93 bits per heavy atom. The highest BCUT2D eigenvalue weighted by atomic mass is 32.2. The average molecular weight is 207 g/mol. The number of amides is 1. The molecular weight excluding hydrogens is 194 g/mol. The molecule has 0 saturated carbocycles. The predicted octanol–water partition coefficient (Wildman–Crippen LogP) is 2.92. The van der Waals surface area contributed by atoms with Crippen molar-refractivity contribution in [2.75, 3.05) is 11.1 Å². The van der Waals surface area contributed by atoms with Crippen LogP contribution in [0.3, 0.4) is 0 Å². The number of carbonyl (C=O) groups is 1. The van der Waals surface area contributed by atoms with E-state index < -0.39 is 0 Å². The highest BCUT2D eigenvalue weighted by Gasteiger charge is 2.02. The lowest BCUT2D eigenvalue weighted by atomic mass is 10.3. The first-order valence-corrected chi connectivity index (χ1v) is 5.41. The van der Waals surface area contributed by atoms with Crippen molar-refractivity contribution < 1.29 is 4.79 Å². The first-order valence-electron chi connectivity index (χ1n) is 4.43. The van der Waals surface area contributed by atoms with Crippen molar-refractivity contribution in [1.29, 1.82) is 0 Å². The minimum absolute atomic E-state index is 0.172. The molecule has 0 atom stereocenters. The van der Waals surface area contributed by atoms with Gasteiger partial charge in [-0.25, -0.2) is 0 Å². The summed E-state index contributed by atoms with van der Waals surface area (Å²) in [5.74, 6) is 0.815. The molecule has 1 aromatic carbocycles. The number of para-hydroxylation sites is 1. The largest absolute Gasteiger partial charge is 0.321 e. The molecule has 0 bridgehead atoms. The Bertz CT molecular complexity index is 336. The fraction of sp³-hybridized carbons (Fsp3) is 0.182. The van der Waals surface area contributed by atoms with Gasteiger partial charge in [-0.15, -0.1) is 11.8 Å². The van der Waals surface area contributed by atoms with E-state index >= 15 is 0 Å². The average Bonchev–Trinajstić information content (AvgIpc) is 2.21. The predicted molar refractivity (Wildman–Crippen MR) is 61.7 cm³/mol. The maximum absolute atomic E-state index is 11.1. The second-order valence-electron chi connectivity index (χ2n) is 2.62. The Hall–Kier alpha value is -1.22. The zero-order chi connectivity index (χ0) is 10.4. The third-order valence-electron chi connectivity index (χ3n) is 1.63. The van der Waals surface area contributed by atoms with Crippen LogP contribution in [0.15, 0.2) is 41.8 Å². The molecule has 0 unspecified atom stereocenters. The van der Waals surface area contributed by atoms with E-state index in [-0.39, 0.29) is 5.91 Å². The summed E-state index contributed by atoms with van der Waals surface area (Å²) in [6.07, 6.45) is 1.27. The van der Waals surface area contributed by atoms with E-state index in [1.807, 2.05) is 24.3 Å². The molecule has 0 aliphatic rings. The van der Waals surface area contributed by atoms with E-state index in [1.165, 1.54) is 6.08 Å². The van der Waals surface area contributed by atoms with Crippen LogP contribution in [0.2, 0.25) is 0 Å². The third kappa shape index (κ3) is 2.92. The van der Waals surface area contributed by atoms with Crippen molar-refractivity contribution in [2.45, 2.75) is 11.8 Å². The van der Waals surface area contributed by atoms with E-state index in [0.29, 0.717) is 0 Å². The van der Waals surface area contributed by atoms with Gasteiger partial charge in [0.1, 0.15) is 0 Å². The molecule has 14 heavy (non-hydrogen) atoms. The van der Waals surface area contributed by atoms with Crippen LogP contribution < -0.4 is 5.32 Å². The molecule has 0 aliphatic heterocycles. The van der Waals surface area contributed by atoms with E-state index in [4.69, 9.17) is 0 Å². The standard InChI is InChI=1S/C11H13NOS/c1-3-11(13)12-9-7-5-6-8-10(9)14-4-2/h3,5-8H,1,4H2,2H3,(H,12,13). The van der Waals surface area contributed by atoms with Crippen molar-refractivity contribution in [2.24, 2.45) is 0 Å². The van der Waals surface area contributed by atoms with Crippen molar-refractivity contribution in [3.05, 3.63) is 36.9 Å². The van der Waals surface area contributed by atoms with Gasteiger partial charge in [-0.1, -0.05) is 25.6 Å². The fourth-order valence-electron chi connectivity index (χ4n) is 1.04. The first kappa shape index (κ1) is 10.9. The summed E-state index contributed by atoms with van der Waals surface area (Å²) >= 11 is 1.71. The molecule has 0 saturated heterocycles. The molecule has 0 aliphatic carbocycles. The second kappa shape index (κ2) is 5.50. The molecule has 0 spiro atoms. The summed E-state index contributed by atoms with van der Waals surface area (Å²) in [6, 6.07) is 7.74. The van der Waals surface area contributed by atoms with Gasteiger partial charge in [0.2, 0.25) is 5.91 Å². The Morgan fingerprint density at radius 2 is 2.29 bits per heavy atom. The molecule has 2 nitrogen and oxygen atoms in total. The Morgan fingerprint density at radius 1 is 1.57 bits per heavy atom. The van der Waals surface area contributed by atoms with E-state index in [0.717, 1.165) is 16.3 Å². The molecule has 0 radical (unpaired) electrons. The van der Waals surface area contributed by atoms with Gasteiger partial charge in [-0.2, -0.15) is 0 Å². The van der Waals surface area contributed by atoms with Crippen LogP contribution in [0.25, 0.3) is 0 Å². The zero-order valence-corrected chi connectivity index (χ0v) is 8.93. The van der Waals surface area contributed by atoms with Gasteiger partial charge >= 0.3 is 0 Å². The molecular formula is C11H13NOS. The van der Waals surface area contributed by atoms with Crippen LogP contribution in [-0.4, -0.2) is 11.7 Å². The number of carbonyl (C=O) groups excluding carboxylic acids is 1. The van der Waals surface area contributed by atoms with E-state index in [2.05, 4.69) is 18.8 Å². The van der Waals surface area contributed by atoms with E-state index in [1.54, 1.807) is 11.8 Å². The van der Waals surface area contributed by atoms with Crippen LogP contribution in [0.1, 0.15) is 6.92 Å². The molecule has 3 heteroatoms. The Labute approximate surface area is 88.4 Å². The molecule has 1 amide bonds. The number of thioether (sulfide) groups is 1. The van der Waals surface area contributed by atoms with Gasteiger partial charge in [0.25, 0.3) is 0 Å². The number of nitrogens with one attached hydrogen (secondary N) is 1. The maximum Gasteiger partial charge on any atom is 0.247 e. The van der Waals surface area contributed by atoms with Gasteiger partial charge in [0, 0.05) is 4.90 Å². The van der Waals surface area contributed by atoms with Gasteiger partial charge in [0.05, 0.1) is 5.69 Å². The van der Waals surface area contributed by atoms with E-state index in [9.17, 15) is 4.79 Å². The summed E-state index contributed by atoms with van der Waals surface area (Å²) in [5, 5.41) is 2.77. The molecule has 1 N–H and O–H groups in total. The lowest BCUT2D eigenvalue weighted by Gasteiger charge is -2.07. The number of rotatable bonds is 4. The minimum atomic E-state index is -0.172. The quantitative estimate of drug-likeness (QED) is 0.607. The molecule has 0 heterocycles. The van der Waals surface area contributed by atoms with Crippen molar-refractivity contribution >= 4 is 23.4 Å².